The van der Waals surface area contributed by atoms with Crippen LogP contribution < -0.4 is 5.32 Å². The third-order valence-electron chi connectivity index (χ3n) is 5.50. The largest absolute Gasteiger partial charge is 0.393 e. The van der Waals surface area contributed by atoms with E-state index >= 15 is 0 Å². The van der Waals surface area contributed by atoms with Gasteiger partial charge in [-0.25, -0.2) is 0 Å². The van der Waals surface area contributed by atoms with E-state index in [9.17, 15) is 5.11 Å². The van der Waals surface area contributed by atoms with Crippen molar-refractivity contribution in [3.8, 4) is 0 Å². The number of aliphatic hydroxyl groups excluding tert-OH is 1. The summed E-state index contributed by atoms with van der Waals surface area (Å²) in [5.41, 5.74) is 1.42. The van der Waals surface area contributed by atoms with Crippen molar-refractivity contribution in [2.75, 3.05) is 19.6 Å². The van der Waals surface area contributed by atoms with Crippen molar-refractivity contribution in [3.63, 3.8) is 0 Å². The molecular weight excluding hydrogens is 272 g/mol. The van der Waals surface area contributed by atoms with E-state index in [0.29, 0.717) is 18.0 Å². The normalized spacial score (nSPS) is 31.3. The molecule has 3 nitrogen and oxygen atoms in total. The van der Waals surface area contributed by atoms with Gasteiger partial charge in [0.1, 0.15) is 0 Å². The molecule has 1 aromatic carbocycles. The lowest BCUT2D eigenvalue weighted by molar-refractivity contribution is 0.0996. The third kappa shape index (κ3) is 4.09. The van der Waals surface area contributed by atoms with Gasteiger partial charge in [-0.05, 0) is 50.6 Å². The van der Waals surface area contributed by atoms with E-state index in [-0.39, 0.29) is 6.10 Å². The Morgan fingerprint density at radius 1 is 1.23 bits per heavy atom. The van der Waals surface area contributed by atoms with E-state index in [1.165, 1.54) is 31.4 Å². The summed E-state index contributed by atoms with van der Waals surface area (Å²) < 4.78 is 0. The summed E-state index contributed by atoms with van der Waals surface area (Å²) in [4.78, 5) is 2.59. The fourth-order valence-electron chi connectivity index (χ4n) is 4.03. The van der Waals surface area contributed by atoms with Crippen molar-refractivity contribution in [1.82, 2.24) is 10.2 Å². The molecule has 1 saturated carbocycles. The monoisotopic (exact) mass is 302 g/mol. The number of benzene rings is 1. The van der Waals surface area contributed by atoms with Crippen LogP contribution in [0.15, 0.2) is 30.3 Å². The second-order valence-corrected chi connectivity index (χ2v) is 7.16. The zero-order chi connectivity index (χ0) is 15.4. The van der Waals surface area contributed by atoms with Gasteiger partial charge in [-0.15, -0.1) is 0 Å². The molecule has 2 fully saturated rings. The Kier molecular flexibility index (Phi) is 5.51. The quantitative estimate of drug-likeness (QED) is 0.878. The minimum Gasteiger partial charge on any atom is -0.393 e. The second kappa shape index (κ2) is 7.58. The van der Waals surface area contributed by atoms with E-state index in [0.717, 1.165) is 25.9 Å². The molecule has 4 atom stereocenters. The standard InChI is InChI=1S/C19H30N2O/c1-15(17-7-3-2-4-8-17)21-11-10-18(14-21)20-13-16-6-5-9-19(22)12-16/h2-4,7-8,15-16,18-20,22H,5-6,9-14H2,1H3. The van der Waals surface area contributed by atoms with Crippen molar-refractivity contribution in [3.05, 3.63) is 35.9 Å². The highest BCUT2D eigenvalue weighted by Gasteiger charge is 2.27. The molecule has 1 aliphatic heterocycles. The Balaban J connectivity index is 1.44. The molecule has 2 N–H and O–H groups in total. The molecule has 3 rings (SSSR count). The first-order valence-electron chi connectivity index (χ1n) is 8.93. The maximum atomic E-state index is 9.78. The summed E-state index contributed by atoms with van der Waals surface area (Å²) in [5.74, 6) is 0.671. The van der Waals surface area contributed by atoms with Crippen LogP contribution in [0.25, 0.3) is 0 Å². The summed E-state index contributed by atoms with van der Waals surface area (Å²) in [7, 11) is 0. The van der Waals surface area contributed by atoms with Gasteiger partial charge in [0.2, 0.25) is 0 Å². The number of aliphatic hydroxyl groups is 1. The van der Waals surface area contributed by atoms with Crippen molar-refractivity contribution in [1.29, 1.82) is 0 Å². The van der Waals surface area contributed by atoms with E-state index in [4.69, 9.17) is 0 Å². The highest BCUT2D eigenvalue weighted by atomic mass is 16.3. The highest BCUT2D eigenvalue weighted by Crippen LogP contribution is 2.26. The smallest absolute Gasteiger partial charge is 0.0543 e. The first kappa shape index (κ1) is 16.0. The van der Waals surface area contributed by atoms with Gasteiger partial charge >= 0.3 is 0 Å². The number of nitrogens with one attached hydrogen (secondary N) is 1. The van der Waals surface area contributed by atoms with Crippen LogP contribution >= 0.6 is 0 Å². The minimum absolute atomic E-state index is 0.0567. The molecule has 122 valence electrons. The van der Waals surface area contributed by atoms with Crippen molar-refractivity contribution < 1.29 is 5.11 Å². The molecule has 2 aliphatic rings. The molecule has 1 aromatic rings. The van der Waals surface area contributed by atoms with Crippen LogP contribution in [-0.2, 0) is 0 Å². The summed E-state index contributed by atoms with van der Waals surface area (Å²) in [5, 5.41) is 13.5. The number of rotatable bonds is 5. The van der Waals surface area contributed by atoms with Crippen molar-refractivity contribution >= 4 is 0 Å². The molecule has 0 spiro atoms. The summed E-state index contributed by atoms with van der Waals surface area (Å²) >= 11 is 0. The molecular formula is C19H30N2O. The molecule has 1 heterocycles. The Bertz CT molecular complexity index is 450. The Labute approximate surface area is 134 Å². The molecule has 0 amide bonds. The number of likely N-dealkylation sites (tertiary alicyclic amines) is 1. The van der Waals surface area contributed by atoms with E-state index in [1.807, 2.05) is 0 Å². The first-order chi connectivity index (χ1) is 10.7. The average Bonchev–Trinajstić information content (AvgIpc) is 3.02. The molecule has 4 unspecified atom stereocenters. The molecule has 0 aromatic heterocycles. The number of hydrogen-bond donors (Lipinski definition) is 2. The van der Waals surface area contributed by atoms with Gasteiger partial charge in [0.25, 0.3) is 0 Å². The van der Waals surface area contributed by atoms with Crippen LogP contribution in [0.4, 0.5) is 0 Å². The van der Waals surface area contributed by atoms with E-state index < -0.39 is 0 Å². The summed E-state index contributed by atoms with van der Waals surface area (Å²) in [6.45, 7) is 5.72. The molecule has 1 saturated heterocycles. The second-order valence-electron chi connectivity index (χ2n) is 7.16. The number of hydrogen-bond acceptors (Lipinski definition) is 3. The Hall–Kier alpha value is -0.900. The zero-order valence-corrected chi connectivity index (χ0v) is 13.7. The predicted molar refractivity (Wildman–Crippen MR) is 90.8 cm³/mol. The van der Waals surface area contributed by atoms with Crippen LogP contribution in [-0.4, -0.2) is 41.8 Å². The van der Waals surface area contributed by atoms with Crippen molar-refractivity contribution in [2.45, 2.75) is 57.2 Å². The molecule has 22 heavy (non-hydrogen) atoms. The summed E-state index contributed by atoms with van der Waals surface area (Å²) in [6, 6.07) is 11.9. The fraction of sp³-hybridized carbons (Fsp3) is 0.684. The van der Waals surface area contributed by atoms with Gasteiger partial charge in [-0.1, -0.05) is 36.8 Å². The minimum atomic E-state index is -0.0567. The number of nitrogens with zero attached hydrogens (tertiary/aromatic N) is 1. The molecule has 0 bridgehead atoms. The zero-order valence-electron chi connectivity index (χ0n) is 13.7. The van der Waals surface area contributed by atoms with Gasteiger partial charge in [-0.3, -0.25) is 4.90 Å². The predicted octanol–water partition coefficient (Wildman–Crippen LogP) is 2.96. The maximum absolute atomic E-state index is 9.78. The lowest BCUT2D eigenvalue weighted by Crippen LogP contribution is -2.38. The highest BCUT2D eigenvalue weighted by molar-refractivity contribution is 5.18. The average molecular weight is 302 g/mol. The topological polar surface area (TPSA) is 35.5 Å². The first-order valence-corrected chi connectivity index (χ1v) is 8.93. The van der Waals surface area contributed by atoms with Crippen LogP contribution in [0.2, 0.25) is 0 Å². The van der Waals surface area contributed by atoms with Gasteiger partial charge in [0, 0.05) is 25.2 Å². The fourth-order valence-corrected chi connectivity index (χ4v) is 4.03. The van der Waals surface area contributed by atoms with Gasteiger partial charge in [0.05, 0.1) is 6.10 Å². The van der Waals surface area contributed by atoms with Crippen molar-refractivity contribution in [2.24, 2.45) is 5.92 Å². The SMILES string of the molecule is CC(c1ccccc1)N1CCC(NCC2CCCC(O)C2)C1. The van der Waals surface area contributed by atoms with Crippen LogP contribution in [0.3, 0.4) is 0 Å². The summed E-state index contributed by atoms with van der Waals surface area (Å²) in [6.07, 6.45) is 5.65. The van der Waals surface area contributed by atoms with Crippen LogP contribution in [0.5, 0.6) is 0 Å². The Morgan fingerprint density at radius 3 is 2.82 bits per heavy atom. The lowest BCUT2D eigenvalue weighted by atomic mass is 9.87. The molecule has 0 radical (unpaired) electrons. The van der Waals surface area contributed by atoms with E-state index in [2.05, 4.69) is 47.5 Å². The maximum Gasteiger partial charge on any atom is 0.0543 e. The van der Waals surface area contributed by atoms with Gasteiger partial charge in [0.15, 0.2) is 0 Å². The lowest BCUT2D eigenvalue weighted by Gasteiger charge is -2.28. The van der Waals surface area contributed by atoms with Crippen LogP contribution in [0, 0.1) is 5.92 Å². The molecule has 1 aliphatic carbocycles. The molecule has 3 heteroatoms. The van der Waals surface area contributed by atoms with Gasteiger partial charge in [-0.2, -0.15) is 0 Å². The van der Waals surface area contributed by atoms with E-state index in [1.54, 1.807) is 0 Å². The van der Waals surface area contributed by atoms with Gasteiger partial charge < -0.3 is 10.4 Å². The third-order valence-corrected chi connectivity index (χ3v) is 5.50. The Morgan fingerprint density at radius 2 is 2.05 bits per heavy atom. The van der Waals surface area contributed by atoms with Crippen LogP contribution in [0.1, 0.15) is 50.6 Å².